The maximum absolute atomic E-state index is 13.3. The third-order valence-corrected chi connectivity index (χ3v) is 3.19. The summed E-state index contributed by atoms with van der Waals surface area (Å²) in [6.07, 6.45) is 1.46. The van der Waals surface area contributed by atoms with Crippen LogP contribution < -0.4 is 5.73 Å². The van der Waals surface area contributed by atoms with Crippen LogP contribution in [0.3, 0.4) is 0 Å². The van der Waals surface area contributed by atoms with Crippen LogP contribution in [0.4, 0.5) is 8.78 Å². The van der Waals surface area contributed by atoms with Crippen molar-refractivity contribution in [2.24, 2.45) is 11.1 Å². The van der Waals surface area contributed by atoms with Crippen molar-refractivity contribution in [3.05, 3.63) is 35.4 Å². The van der Waals surface area contributed by atoms with Crippen LogP contribution >= 0.6 is 0 Å². The van der Waals surface area contributed by atoms with Crippen LogP contribution in [-0.2, 0) is 11.2 Å². The Morgan fingerprint density at radius 2 is 2.06 bits per heavy atom. The Hall–Kier alpha value is -1.29. The molecule has 4 heteroatoms. The summed E-state index contributed by atoms with van der Waals surface area (Å²) in [5, 5.41) is 0. The summed E-state index contributed by atoms with van der Waals surface area (Å²) in [6.45, 7) is 0.294. The highest BCUT2D eigenvalue weighted by atomic mass is 19.1. The summed E-state index contributed by atoms with van der Waals surface area (Å²) in [7, 11) is 0. The largest absolute Gasteiger partial charge is 0.329 e. The van der Waals surface area contributed by atoms with Crippen LogP contribution in [0, 0.1) is 17.0 Å². The van der Waals surface area contributed by atoms with Crippen molar-refractivity contribution in [1.82, 2.24) is 0 Å². The van der Waals surface area contributed by atoms with Crippen molar-refractivity contribution in [1.29, 1.82) is 0 Å². The Labute approximate surface area is 92.4 Å². The monoisotopic (exact) mass is 225 g/mol. The van der Waals surface area contributed by atoms with Gasteiger partial charge in [0.25, 0.3) is 0 Å². The molecule has 2 nitrogen and oxygen atoms in total. The maximum atomic E-state index is 13.3. The van der Waals surface area contributed by atoms with Gasteiger partial charge in [-0.25, -0.2) is 8.78 Å². The number of carbonyl (C=O) groups excluding carboxylic acids is 1. The van der Waals surface area contributed by atoms with Crippen molar-refractivity contribution in [2.45, 2.75) is 19.3 Å². The number of hydrogen-bond donors (Lipinski definition) is 1. The zero-order valence-corrected chi connectivity index (χ0v) is 8.80. The number of nitrogens with two attached hydrogens (primary N) is 1. The van der Waals surface area contributed by atoms with E-state index in [0.717, 1.165) is 31.0 Å². The topological polar surface area (TPSA) is 43.1 Å². The first-order chi connectivity index (χ1) is 7.57. The Morgan fingerprint density at radius 3 is 2.62 bits per heavy atom. The molecule has 0 saturated heterocycles. The summed E-state index contributed by atoms with van der Waals surface area (Å²) in [5.41, 5.74) is 5.16. The lowest BCUT2D eigenvalue weighted by molar-refractivity contribution is -0.123. The summed E-state index contributed by atoms with van der Waals surface area (Å²) in [6, 6.07) is 3.15. The SMILES string of the molecule is NCC1(C(=O)Cc2cc(F)ccc2F)CC1. The lowest BCUT2D eigenvalue weighted by Gasteiger charge is -2.11. The van der Waals surface area contributed by atoms with E-state index in [2.05, 4.69) is 0 Å². The minimum Gasteiger partial charge on any atom is -0.329 e. The summed E-state index contributed by atoms with van der Waals surface area (Å²) in [4.78, 5) is 11.8. The van der Waals surface area contributed by atoms with Crippen LogP contribution in [0.2, 0.25) is 0 Å². The molecule has 0 aliphatic heterocycles. The molecule has 2 N–H and O–H groups in total. The fourth-order valence-corrected chi connectivity index (χ4v) is 1.79. The predicted molar refractivity (Wildman–Crippen MR) is 55.8 cm³/mol. The van der Waals surface area contributed by atoms with Crippen molar-refractivity contribution >= 4 is 5.78 Å². The molecule has 0 spiro atoms. The molecule has 86 valence electrons. The van der Waals surface area contributed by atoms with E-state index >= 15 is 0 Å². The van der Waals surface area contributed by atoms with E-state index in [-0.39, 0.29) is 17.8 Å². The molecule has 0 unspecified atom stereocenters. The van der Waals surface area contributed by atoms with Gasteiger partial charge in [0.1, 0.15) is 17.4 Å². The molecule has 0 atom stereocenters. The highest BCUT2D eigenvalue weighted by Crippen LogP contribution is 2.46. The molecule has 1 fully saturated rings. The van der Waals surface area contributed by atoms with E-state index in [1.165, 1.54) is 0 Å². The van der Waals surface area contributed by atoms with Gasteiger partial charge >= 0.3 is 0 Å². The fraction of sp³-hybridized carbons (Fsp3) is 0.417. The molecule has 0 bridgehead atoms. The van der Waals surface area contributed by atoms with Crippen LogP contribution in [0.25, 0.3) is 0 Å². The van der Waals surface area contributed by atoms with Crippen LogP contribution in [0.1, 0.15) is 18.4 Å². The van der Waals surface area contributed by atoms with Gasteiger partial charge < -0.3 is 5.73 Å². The molecule has 16 heavy (non-hydrogen) atoms. The van der Waals surface area contributed by atoms with Gasteiger partial charge in [0.05, 0.1) is 0 Å². The van der Waals surface area contributed by atoms with E-state index in [1.807, 2.05) is 0 Å². The van der Waals surface area contributed by atoms with Gasteiger partial charge in [0.15, 0.2) is 0 Å². The summed E-state index contributed by atoms with van der Waals surface area (Å²) < 4.78 is 26.2. The number of benzene rings is 1. The molecular weight excluding hydrogens is 212 g/mol. The Balaban J connectivity index is 2.15. The molecule has 1 aliphatic carbocycles. The predicted octanol–water partition coefficient (Wildman–Crippen LogP) is 1.82. The Kier molecular flexibility index (Phi) is 2.76. The third kappa shape index (κ3) is 1.97. The number of hydrogen-bond acceptors (Lipinski definition) is 2. The first kappa shape index (κ1) is 11.2. The van der Waals surface area contributed by atoms with E-state index in [9.17, 15) is 13.6 Å². The zero-order valence-electron chi connectivity index (χ0n) is 8.80. The second kappa shape index (κ2) is 3.94. The number of rotatable bonds is 4. The van der Waals surface area contributed by atoms with Gasteiger partial charge in [-0.2, -0.15) is 0 Å². The van der Waals surface area contributed by atoms with Crippen molar-refractivity contribution in [2.75, 3.05) is 6.54 Å². The van der Waals surface area contributed by atoms with Crippen molar-refractivity contribution in [3.63, 3.8) is 0 Å². The summed E-state index contributed by atoms with van der Waals surface area (Å²) >= 11 is 0. The molecule has 1 aromatic rings. The van der Waals surface area contributed by atoms with Gasteiger partial charge in [0, 0.05) is 18.4 Å². The van der Waals surface area contributed by atoms with E-state index in [1.54, 1.807) is 0 Å². The fourth-order valence-electron chi connectivity index (χ4n) is 1.79. The molecule has 1 aromatic carbocycles. The number of carbonyl (C=O) groups is 1. The van der Waals surface area contributed by atoms with Gasteiger partial charge in [-0.15, -0.1) is 0 Å². The lowest BCUT2D eigenvalue weighted by atomic mass is 9.95. The number of Topliss-reactive ketones (excluding diaryl/α,β-unsaturated/α-hetero) is 1. The number of ketones is 1. The van der Waals surface area contributed by atoms with Crippen LogP contribution in [0.15, 0.2) is 18.2 Å². The average molecular weight is 225 g/mol. The minimum atomic E-state index is -0.539. The number of halogens is 2. The van der Waals surface area contributed by atoms with Gasteiger partial charge in [-0.3, -0.25) is 4.79 Å². The average Bonchev–Trinajstić information content (AvgIpc) is 3.04. The van der Waals surface area contributed by atoms with Crippen LogP contribution in [0.5, 0.6) is 0 Å². The molecule has 0 radical (unpaired) electrons. The quantitative estimate of drug-likeness (QED) is 0.849. The molecule has 2 rings (SSSR count). The van der Waals surface area contributed by atoms with Gasteiger partial charge in [-0.05, 0) is 36.6 Å². The van der Waals surface area contributed by atoms with Gasteiger partial charge in [-0.1, -0.05) is 0 Å². The van der Waals surface area contributed by atoms with Crippen molar-refractivity contribution < 1.29 is 13.6 Å². The molecular formula is C12H13F2NO. The molecule has 1 saturated carbocycles. The molecule has 0 amide bonds. The van der Waals surface area contributed by atoms with E-state index in [4.69, 9.17) is 5.73 Å². The zero-order chi connectivity index (χ0) is 11.8. The van der Waals surface area contributed by atoms with E-state index < -0.39 is 17.0 Å². The second-order valence-electron chi connectivity index (χ2n) is 4.32. The van der Waals surface area contributed by atoms with Gasteiger partial charge in [0.2, 0.25) is 0 Å². The highest BCUT2D eigenvalue weighted by molar-refractivity contribution is 5.89. The first-order valence-corrected chi connectivity index (χ1v) is 5.25. The highest BCUT2D eigenvalue weighted by Gasteiger charge is 2.47. The van der Waals surface area contributed by atoms with Crippen molar-refractivity contribution in [3.8, 4) is 0 Å². The molecule has 1 aliphatic rings. The summed E-state index contributed by atoms with van der Waals surface area (Å²) in [5.74, 6) is -1.15. The van der Waals surface area contributed by atoms with E-state index in [0.29, 0.717) is 6.54 Å². The minimum absolute atomic E-state index is 0.0687. The Bertz CT molecular complexity index is 427. The normalized spacial score (nSPS) is 17.2. The Morgan fingerprint density at radius 1 is 1.38 bits per heavy atom. The lowest BCUT2D eigenvalue weighted by Crippen LogP contribution is -2.27. The van der Waals surface area contributed by atoms with Crippen LogP contribution in [-0.4, -0.2) is 12.3 Å². The molecule has 0 heterocycles. The second-order valence-corrected chi connectivity index (χ2v) is 4.32. The maximum Gasteiger partial charge on any atom is 0.144 e. The molecule has 0 aromatic heterocycles. The smallest absolute Gasteiger partial charge is 0.144 e. The third-order valence-electron chi connectivity index (χ3n) is 3.19. The standard InChI is InChI=1S/C12H13F2NO/c13-9-1-2-10(14)8(5-9)6-11(16)12(7-15)3-4-12/h1-2,5H,3-4,6-7,15H2. The first-order valence-electron chi connectivity index (χ1n) is 5.25.